The van der Waals surface area contributed by atoms with E-state index in [2.05, 4.69) is 0 Å². The molecule has 20 saturated carbocycles. The lowest BCUT2D eigenvalue weighted by Gasteiger charge is -2.85. The van der Waals surface area contributed by atoms with Crippen molar-refractivity contribution in [3.05, 3.63) is 36.4 Å². The van der Waals surface area contributed by atoms with Crippen LogP contribution in [0, 0.1) is 140 Å². The van der Waals surface area contributed by atoms with Crippen LogP contribution in [0.5, 0.6) is 0 Å². The van der Waals surface area contributed by atoms with Crippen molar-refractivity contribution < 1.29 is 18.9 Å². The minimum absolute atomic E-state index is 0.637. The minimum atomic E-state index is 0.637. The van der Waals surface area contributed by atoms with E-state index in [1.54, 1.807) is 51.4 Å². The SMILES string of the molecule is C1[C@@H]2C[C@@H]3[C@H]4O[C@@H]5C[C@H]([C@@H]14)[C@H](C2)[C@@]3([C@]12C[C@@H]3C[C@H]4[C@@H]6C[C@H](C[C@H]41)C[C@H]2[C@@H]6O3)C5.C1[C@@H]2C[C@@H]3[C@H]4O[C@@H]5C[C@H]([C@@H]14)[C@H](C2)[C@@]3([C@]12C[C@@H]3C[C@H]4[C@@H]6C[C@H](C[C@H]41)C[C@H]2[C@@H]6O3)C5.c1ccccc1. The van der Waals surface area contributed by atoms with Gasteiger partial charge in [-0.15, -0.1) is 0 Å². The lowest BCUT2D eigenvalue weighted by Crippen LogP contribution is -2.83. The molecule has 4 heteroatoms. The predicted molar refractivity (Wildman–Crippen MR) is 233 cm³/mol. The number of hydrogen-bond acceptors (Lipinski definition) is 4. The van der Waals surface area contributed by atoms with Gasteiger partial charge in [0, 0.05) is 0 Å². The van der Waals surface area contributed by atoms with Crippen molar-refractivity contribution in [3.8, 4) is 0 Å². The third-order valence-corrected chi connectivity index (χ3v) is 28.2. The maximum atomic E-state index is 6.87. The molecule has 28 fully saturated rings. The second-order valence-corrected chi connectivity index (χ2v) is 28.4. The Morgan fingerprint density at radius 1 is 0.242 bits per heavy atom. The smallest absolute Gasteiger partial charge is 0.0643 e. The Hall–Kier alpha value is -0.940. The fourth-order valence-corrected chi connectivity index (χ4v) is 28.5. The highest BCUT2D eigenvalue weighted by Gasteiger charge is 2.85. The molecule has 32 atom stereocenters. The number of benzene rings is 1. The Kier molecular flexibility index (Phi) is 6.34. The fourth-order valence-electron chi connectivity index (χ4n) is 28.5. The van der Waals surface area contributed by atoms with Crippen LogP contribution in [0.4, 0.5) is 0 Å². The normalized spacial score (nSPS) is 71.2. The van der Waals surface area contributed by atoms with Crippen LogP contribution in [0.25, 0.3) is 0 Å². The molecule has 0 N–H and O–H groups in total. The highest BCUT2D eigenvalue weighted by atomic mass is 16.5. The average Bonchev–Trinajstić information content (AvgIpc) is 3.33. The molecular formula is C58H74O4. The van der Waals surface area contributed by atoms with Crippen LogP contribution in [0.15, 0.2) is 36.4 Å². The summed E-state index contributed by atoms with van der Waals surface area (Å²) < 4.78 is 27.5. The molecule has 0 spiro atoms. The zero-order valence-corrected chi connectivity index (χ0v) is 37.4. The van der Waals surface area contributed by atoms with Crippen molar-refractivity contribution in [2.24, 2.45) is 140 Å². The Labute approximate surface area is 371 Å². The summed E-state index contributed by atoms with van der Waals surface area (Å²) in [5.41, 5.74) is 2.72. The zero-order valence-electron chi connectivity index (χ0n) is 37.4. The van der Waals surface area contributed by atoms with E-state index in [0.717, 1.165) is 118 Å². The summed E-state index contributed by atoms with van der Waals surface area (Å²) in [6, 6.07) is 12.0. The van der Waals surface area contributed by atoms with Gasteiger partial charge in [-0.2, -0.15) is 0 Å². The van der Waals surface area contributed by atoms with Gasteiger partial charge in [0.05, 0.1) is 48.8 Å². The molecule has 28 aliphatic rings. The zero-order chi connectivity index (χ0) is 39.4. The summed E-state index contributed by atoms with van der Waals surface area (Å²) in [4.78, 5) is 0. The first kappa shape index (κ1) is 35.2. The van der Waals surface area contributed by atoms with Gasteiger partial charge in [0.2, 0.25) is 0 Å². The van der Waals surface area contributed by atoms with Crippen molar-refractivity contribution in [2.75, 3.05) is 0 Å². The number of hydrogen-bond donors (Lipinski definition) is 0. The van der Waals surface area contributed by atoms with Gasteiger partial charge in [0.25, 0.3) is 0 Å². The largest absolute Gasteiger partial charge is 0.374 e. The van der Waals surface area contributed by atoms with Crippen LogP contribution in [0.3, 0.4) is 0 Å². The maximum absolute atomic E-state index is 6.87. The highest BCUT2D eigenvalue weighted by molar-refractivity contribution is 5.33. The van der Waals surface area contributed by atoms with E-state index in [0.29, 0.717) is 70.5 Å². The van der Waals surface area contributed by atoms with E-state index < -0.39 is 0 Å². The van der Waals surface area contributed by atoms with Gasteiger partial charge in [-0.25, -0.2) is 0 Å². The number of ether oxygens (including phenoxy) is 4. The van der Waals surface area contributed by atoms with Crippen LogP contribution in [0.1, 0.15) is 128 Å². The van der Waals surface area contributed by atoms with E-state index in [9.17, 15) is 0 Å². The van der Waals surface area contributed by atoms with Crippen molar-refractivity contribution in [1.82, 2.24) is 0 Å². The predicted octanol–water partition coefficient (Wildman–Crippen LogP) is 11.0. The van der Waals surface area contributed by atoms with Gasteiger partial charge < -0.3 is 18.9 Å². The van der Waals surface area contributed by atoms with Gasteiger partial charge in [0.15, 0.2) is 0 Å². The van der Waals surface area contributed by atoms with E-state index in [1.165, 1.54) is 77.0 Å². The van der Waals surface area contributed by atoms with Crippen LogP contribution in [-0.2, 0) is 18.9 Å². The second kappa shape index (κ2) is 11.2. The molecule has 0 unspecified atom stereocenters. The Morgan fingerprint density at radius 3 is 0.710 bits per heavy atom. The second-order valence-electron chi connectivity index (χ2n) is 28.4. The fraction of sp³-hybridized carbons (Fsp3) is 0.897. The molecule has 330 valence electrons. The molecule has 20 aliphatic carbocycles. The highest BCUT2D eigenvalue weighted by Crippen LogP contribution is 2.88. The van der Waals surface area contributed by atoms with E-state index in [4.69, 9.17) is 18.9 Å². The van der Waals surface area contributed by atoms with Crippen LogP contribution in [-0.4, -0.2) is 48.8 Å². The summed E-state index contributed by atoms with van der Waals surface area (Å²) in [7, 11) is 0. The molecule has 1 aromatic carbocycles. The molecule has 29 rings (SSSR count). The molecule has 8 heterocycles. The lowest BCUT2D eigenvalue weighted by atomic mass is 9.23. The van der Waals surface area contributed by atoms with Gasteiger partial charge >= 0.3 is 0 Å². The molecule has 4 nitrogen and oxygen atoms in total. The van der Waals surface area contributed by atoms with E-state index in [-0.39, 0.29) is 0 Å². The average molecular weight is 835 g/mol. The first-order chi connectivity index (χ1) is 30.5. The van der Waals surface area contributed by atoms with Gasteiger partial charge in [-0.1, -0.05) is 36.4 Å². The monoisotopic (exact) mass is 835 g/mol. The Morgan fingerprint density at radius 2 is 0.468 bits per heavy atom. The van der Waals surface area contributed by atoms with Gasteiger partial charge in [0.1, 0.15) is 0 Å². The molecule has 8 aliphatic heterocycles. The molecule has 0 radical (unpaired) electrons. The molecular weight excluding hydrogens is 761 g/mol. The maximum Gasteiger partial charge on any atom is 0.0643 e. The molecule has 32 bridgehead atoms. The van der Waals surface area contributed by atoms with Crippen LogP contribution in [0.2, 0.25) is 0 Å². The van der Waals surface area contributed by atoms with Gasteiger partial charge in [-0.05, 0) is 268 Å². The molecule has 62 heavy (non-hydrogen) atoms. The molecule has 8 saturated heterocycles. The van der Waals surface area contributed by atoms with Crippen molar-refractivity contribution in [2.45, 2.75) is 177 Å². The summed E-state index contributed by atoms with van der Waals surface area (Å²) >= 11 is 0. The van der Waals surface area contributed by atoms with Crippen LogP contribution < -0.4 is 0 Å². The third-order valence-electron chi connectivity index (χ3n) is 28.2. The lowest BCUT2D eigenvalue weighted by molar-refractivity contribution is -0.423. The third kappa shape index (κ3) is 3.60. The Bertz CT molecular complexity index is 1730. The van der Waals surface area contributed by atoms with E-state index in [1.807, 2.05) is 36.4 Å². The summed E-state index contributed by atoms with van der Waals surface area (Å²) in [6.45, 7) is 0. The standard InChI is InChI=1S/2C26H34O2.C6H6/c2*1-11-3-19-15-7-13-9-25(19,21(5-11)23(27-13)17(1)15)26-10-14-8-16-18-2-12(4-20(16)26)6-22(26)24(18)28-14;1-2-4-6-5-3-1/h2*11-24H,1-10H2;1-6H/t2*11-,12+,13+,14-,15+,16-,17+,18-,19-,20+,21+,22-,23-,24+,25-,26+;. The minimum Gasteiger partial charge on any atom is -0.374 e. The van der Waals surface area contributed by atoms with E-state index >= 15 is 0 Å². The van der Waals surface area contributed by atoms with Crippen LogP contribution >= 0.6 is 0 Å². The Balaban J connectivity index is 0.0000000913. The molecule has 0 aromatic heterocycles. The number of rotatable bonds is 2. The molecule has 0 amide bonds. The topological polar surface area (TPSA) is 36.9 Å². The van der Waals surface area contributed by atoms with Crippen molar-refractivity contribution in [3.63, 3.8) is 0 Å². The quantitative estimate of drug-likeness (QED) is 0.297. The van der Waals surface area contributed by atoms with Crippen molar-refractivity contribution in [1.29, 1.82) is 0 Å². The summed E-state index contributed by atoms with van der Waals surface area (Å²) in [6.07, 6.45) is 35.7. The first-order valence-electron chi connectivity index (χ1n) is 28.1. The van der Waals surface area contributed by atoms with Crippen molar-refractivity contribution >= 4 is 0 Å². The molecule has 1 aromatic rings. The van der Waals surface area contributed by atoms with Gasteiger partial charge in [-0.3, -0.25) is 0 Å². The summed E-state index contributed by atoms with van der Waals surface area (Å²) in [5.74, 6) is 20.4. The summed E-state index contributed by atoms with van der Waals surface area (Å²) in [5, 5.41) is 0. The first-order valence-corrected chi connectivity index (χ1v) is 28.1.